The van der Waals surface area contributed by atoms with E-state index in [4.69, 9.17) is 37.0 Å². The van der Waals surface area contributed by atoms with Gasteiger partial charge >= 0.3 is 39.5 Å². The third kappa shape index (κ3) is 76.1. The van der Waals surface area contributed by atoms with Crippen LogP contribution < -0.4 is 0 Å². The Balaban J connectivity index is 5.22. The maximum absolute atomic E-state index is 13.1. The molecule has 0 spiro atoms. The molecule has 0 rings (SSSR count). The highest BCUT2D eigenvalue weighted by molar-refractivity contribution is 7.47. The smallest absolute Gasteiger partial charge is 0.462 e. The van der Waals surface area contributed by atoms with E-state index in [1.165, 1.54) is 244 Å². The zero-order chi connectivity index (χ0) is 74.2. The molecule has 0 aromatic rings. The highest BCUT2D eigenvalue weighted by Gasteiger charge is 2.30. The van der Waals surface area contributed by atoms with E-state index in [0.717, 1.165) is 102 Å². The van der Waals surface area contributed by atoms with Gasteiger partial charge in [-0.25, -0.2) is 9.13 Å². The summed E-state index contributed by atoms with van der Waals surface area (Å²) in [7, 11) is -9.92. The van der Waals surface area contributed by atoms with Gasteiger partial charge in [-0.15, -0.1) is 0 Å². The van der Waals surface area contributed by atoms with Crippen molar-refractivity contribution in [2.24, 2.45) is 11.8 Å². The van der Waals surface area contributed by atoms with Crippen molar-refractivity contribution in [1.29, 1.82) is 0 Å². The zero-order valence-corrected chi connectivity index (χ0v) is 68.0. The number of phosphoric ester groups is 2. The second-order valence-corrected chi connectivity index (χ2v) is 33.4. The Hall–Kier alpha value is -1.94. The van der Waals surface area contributed by atoms with Gasteiger partial charge in [0.05, 0.1) is 26.4 Å². The van der Waals surface area contributed by atoms with E-state index in [-0.39, 0.29) is 25.7 Å². The Labute approximate surface area is 619 Å². The lowest BCUT2D eigenvalue weighted by Gasteiger charge is -2.21. The van der Waals surface area contributed by atoms with E-state index in [1.807, 2.05) is 0 Å². The second kappa shape index (κ2) is 73.6. The van der Waals surface area contributed by atoms with Crippen molar-refractivity contribution in [2.45, 2.75) is 452 Å². The van der Waals surface area contributed by atoms with Crippen LogP contribution >= 0.6 is 15.6 Å². The van der Waals surface area contributed by atoms with Gasteiger partial charge in [0.1, 0.15) is 19.3 Å². The Morgan fingerprint density at radius 2 is 0.455 bits per heavy atom. The summed E-state index contributed by atoms with van der Waals surface area (Å²) in [6.45, 7) is 9.59. The number of aliphatic hydroxyl groups excluding tert-OH is 1. The van der Waals surface area contributed by atoms with Gasteiger partial charge in [0, 0.05) is 25.7 Å². The Morgan fingerprint density at radius 3 is 0.673 bits per heavy atom. The molecule has 0 saturated carbocycles. The van der Waals surface area contributed by atoms with Gasteiger partial charge in [-0.3, -0.25) is 37.3 Å². The summed E-state index contributed by atoms with van der Waals surface area (Å²) in [6.07, 6.45) is 64.0. The van der Waals surface area contributed by atoms with Gasteiger partial charge in [-0.1, -0.05) is 382 Å². The molecule has 3 N–H and O–H groups in total. The first-order valence-electron chi connectivity index (χ1n) is 42.5. The number of rotatable bonds is 81. The third-order valence-corrected chi connectivity index (χ3v) is 21.1. The van der Waals surface area contributed by atoms with Crippen LogP contribution in [0.3, 0.4) is 0 Å². The standard InChI is InChI=1S/C82H160O17P2/c1-7-9-11-13-15-17-19-21-23-25-26-30-33-37-41-45-52-58-64-79(84)92-70-77(98-81(86)66-61-55-47-43-39-35-31-27-28-32-36-40-44-50-56-62-74(3)4)72-96-100(88,89)94-68-76(83)69-95-101(90,91)97-73-78(71-93-80(85)65-59-53-49-48-51-57-63-75(5)6)99-82(87)67-60-54-46-42-38-34-29-24-22-20-18-16-14-12-10-8-2/h74-78,83H,7-73H2,1-6H3,(H,88,89)(H,90,91)/t76-,77-,78-/m1/s1. The number of carbonyl (C=O) groups excluding carboxylic acids is 4. The van der Waals surface area contributed by atoms with Crippen LogP contribution in [0.1, 0.15) is 433 Å². The lowest BCUT2D eigenvalue weighted by molar-refractivity contribution is -0.161. The number of carbonyl (C=O) groups is 4. The van der Waals surface area contributed by atoms with Crippen LogP contribution in [0.4, 0.5) is 0 Å². The summed E-state index contributed by atoms with van der Waals surface area (Å²) in [5, 5.41) is 10.6. The zero-order valence-electron chi connectivity index (χ0n) is 66.2. The quantitative estimate of drug-likeness (QED) is 0.0222. The van der Waals surface area contributed by atoms with E-state index in [1.54, 1.807) is 0 Å². The van der Waals surface area contributed by atoms with E-state index < -0.39 is 97.5 Å². The summed E-state index contributed by atoms with van der Waals surface area (Å²) >= 11 is 0. The third-order valence-electron chi connectivity index (χ3n) is 19.2. The number of hydrogen-bond acceptors (Lipinski definition) is 15. The minimum absolute atomic E-state index is 0.107. The van der Waals surface area contributed by atoms with Gasteiger partial charge in [0.25, 0.3) is 0 Å². The van der Waals surface area contributed by atoms with Gasteiger partial charge in [0.15, 0.2) is 12.2 Å². The molecule has 0 saturated heterocycles. The molecular formula is C82H160O17P2. The Bertz CT molecular complexity index is 1940. The molecule has 5 atom stereocenters. The normalized spacial score (nSPS) is 13.9. The Morgan fingerprint density at radius 1 is 0.267 bits per heavy atom. The van der Waals surface area contributed by atoms with Crippen molar-refractivity contribution in [3.05, 3.63) is 0 Å². The van der Waals surface area contributed by atoms with Crippen molar-refractivity contribution in [1.82, 2.24) is 0 Å². The van der Waals surface area contributed by atoms with Crippen molar-refractivity contribution in [2.75, 3.05) is 39.6 Å². The van der Waals surface area contributed by atoms with Gasteiger partial charge in [-0.05, 0) is 37.5 Å². The first-order valence-corrected chi connectivity index (χ1v) is 45.5. The molecule has 19 heteroatoms. The average Bonchev–Trinajstić information content (AvgIpc) is 0.939. The lowest BCUT2D eigenvalue weighted by Crippen LogP contribution is -2.30. The number of hydrogen-bond donors (Lipinski definition) is 3. The van der Waals surface area contributed by atoms with Crippen molar-refractivity contribution >= 4 is 39.5 Å². The van der Waals surface area contributed by atoms with Crippen LogP contribution in [0.5, 0.6) is 0 Å². The average molecular weight is 1480 g/mol. The van der Waals surface area contributed by atoms with Crippen molar-refractivity contribution in [3.8, 4) is 0 Å². The van der Waals surface area contributed by atoms with Crippen LogP contribution in [0.15, 0.2) is 0 Å². The number of unbranched alkanes of at least 4 members (excludes halogenated alkanes) is 51. The molecule has 0 amide bonds. The number of phosphoric acid groups is 2. The van der Waals surface area contributed by atoms with E-state index in [2.05, 4.69) is 41.5 Å². The highest BCUT2D eigenvalue weighted by Crippen LogP contribution is 2.45. The summed E-state index contributed by atoms with van der Waals surface area (Å²) in [5.41, 5.74) is 0. The number of aliphatic hydroxyl groups is 1. The molecule has 17 nitrogen and oxygen atoms in total. The fraction of sp³-hybridized carbons (Fsp3) is 0.951. The molecule has 0 fully saturated rings. The predicted octanol–water partition coefficient (Wildman–Crippen LogP) is 24.7. The predicted molar refractivity (Wildman–Crippen MR) is 414 cm³/mol. The molecule has 600 valence electrons. The molecule has 0 aromatic heterocycles. The largest absolute Gasteiger partial charge is 0.472 e. The van der Waals surface area contributed by atoms with Crippen LogP contribution in [0.2, 0.25) is 0 Å². The number of esters is 4. The number of ether oxygens (including phenoxy) is 4. The summed E-state index contributed by atoms with van der Waals surface area (Å²) in [4.78, 5) is 73.0. The molecule has 2 unspecified atom stereocenters. The fourth-order valence-corrected chi connectivity index (χ4v) is 14.3. The van der Waals surface area contributed by atoms with Gasteiger partial charge in [0.2, 0.25) is 0 Å². The molecule has 0 bridgehead atoms. The minimum Gasteiger partial charge on any atom is -0.462 e. The molecule has 0 aliphatic rings. The van der Waals surface area contributed by atoms with Crippen molar-refractivity contribution < 1.29 is 80.2 Å². The summed E-state index contributed by atoms with van der Waals surface area (Å²) in [5.74, 6) is -0.626. The van der Waals surface area contributed by atoms with Gasteiger partial charge < -0.3 is 33.8 Å². The van der Waals surface area contributed by atoms with Gasteiger partial charge in [-0.2, -0.15) is 0 Å². The second-order valence-electron chi connectivity index (χ2n) is 30.5. The molecule has 0 aliphatic heterocycles. The maximum Gasteiger partial charge on any atom is 0.472 e. The highest BCUT2D eigenvalue weighted by atomic mass is 31.2. The molecule has 0 heterocycles. The monoisotopic (exact) mass is 1480 g/mol. The van der Waals surface area contributed by atoms with E-state index >= 15 is 0 Å². The van der Waals surface area contributed by atoms with E-state index in [9.17, 15) is 43.2 Å². The van der Waals surface area contributed by atoms with Crippen LogP contribution in [0.25, 0.3) is 0 Å². The molecule has 0 aromatic carbocycles. The first kappa shape index (κ1) is 99.1. The lowest BCUT2D eigenvalue weighted by atomic mass is 10.0. The van der Waals surface area contributed by atoms with Crippen molar-refractivity contribution in [3.63, 3.8) is 0 Å². The SMILES string of the molecule is CCCCCCCCCCCCCCCCCCCCC(=O)OC[C@H](COP(=O)(O)OC[C@@H](O)COP(=O)(O)OC[C@@H](COC(=O)CCCCCCCCC(C)C)OC(=O)CCCCCCCCCCCCCCCCCC)OC(=O)CCCCCCCCCCCCCCCCCC(C)C. The molecule has 0 aliphatic carbocycles. The maximum atomic E-state index is 13.1. The van der Waals surface area contributed by atoms with Crippen LogP contribution in [0, 0.1) is 11.8 Å². The summed E-state index contributed by atoms with van der Waals surface area (Å²) < 4.78 is 68.7. The molecular weight excluding hydrogens is 1320 g/mol. The minimum atomic E-state index is -4.96. The van der Waals surface area contributed by atoms with E-state index in [0.29, 0.717) is 31.6 Å². The molecule has 101 heavy (non-hydrogen) atoms. The van der Waals surface area contributed by atoms with Crippen LogP contribution in [-0.2, 0) is 65.4 Å². The molecule has 0 radical (unpaired) electrons. The fourth-order valence-electron chi connectivity index (χ4n) is 12.7. The topological polar surface area (TPSA) is 237 Å². The summed E-state index contributed by atoms with van der Waals surface area (Å²) in [6, 6.07) is 0. The Kier molecular flexibility index (Phi) is 72.2. The first-order chi connectivity index (χ1) is 48.9. The van der Waals surface area contributed by atoms with Crippen LogP contribution in [-0.4, -0.2) is 96.7 Å².